The maximum absolute atomic E-state index is 13.4. The van der Waals surface area contributed by atoms with Crippen LogP contribution in [0.15, 0.2) is 85.2 Å². The molecule has 35 heavy (non-hydrogen) atoms. The van der Waals surface area contributed by atoms with Crippen molar-refractivity contribution in [2.45, 2.75) is 32.0 Å². The van der Waals surface area contributed by atoms with E-state index in [1.165, 1.54) is 12.1 Å². The molecule has 1 aliphatic rings. The molecule has 0 radical (unpaired) electrons. The molecule has 6 nitrogen and oxygen atoms in total. The van der Waals surface area contributed by atoms with Crippen LogP contribution >= 0.6 is 0 Å². The summed E-state index contributed by atoms with van der Waals surface area (Å²) in [5, 5.41) is 4.23. The van der Waals surface area contributed by atoms with Crippen LogP contribution in [0.3, 0.4) is 0 Å². The molecule has 1 amide bonds. The third-order valence-electron chi connectivity index (χ3n) is 6.02. The first-order chi connectivity index (χ1) is 17.1. The largest absolute Gasteiger partial charge is 0.493 e. The SMILES string of the molecule is COc1cc(CN(C(=O)c2ccc(-n3cccn3)cc2)C2CC2)ccc1OCc1ccc(F)cc1. The first kappa shape index (κ1) is 22.7. The lowest BCUT2D eigenvalue weighted by Gasteiger charge is -2.23. The van der Waals surface area contributed by atoms with Crippen molar-refractivity contribution < 1.29 is 18.7 Å². The van der Waals surface area contributed by atoms with E-state index in [-0.39, 0.29) is 17.8 Å². The molecule has 1 fully saturated rings. The third-order valence-corrected chi connectivity index (χ3v) is 6.02. The van der Waals surface area contributed by atoms with Crippen LogP contribution in [0, 0.1) is 5.82 Å². The number of rotatable bonds is 9. The highest BCUT2D eigenvalue weighted by Gasteiger charge is 2.33. The summed E-state index contributed by atoms with van der Waals surface area (Å²) in [6, 6.07) is 21.5. The van der Waals surface area contributed by atoms with Crippen LogP contribution in [0.2, 0.25) is 0 Å². The van der Waals surface area contributed by atoms with Crippen molar-refractivity contribution in [3.63, 3.8) is 0 Å². The average Bonchev–Trinajstić information content (AvgIpc) is 3.59. The van der Waals surface area contributed by atoms with E-state index in [2.05, 4.69) is 5.10 Å². The van der Waals surface area contributed by atoms with E-state index in [0.29, 0.717) is 30.2 Å². The van der Waals surface area contributed by atoms with Gasteiger partial charge in [0.1, 0.15) is 12.4 Å². The number of hydrogen-bond acceptors (Lipinski definition) is 4. The number of hydrogen-bond donors (Lipinski definition) is 0. The van der Waals surface area contributed by atoms with Gasteiger partial charge in [0.15, 0.2) is 11.5 Å². The topological polar surface area (TPSA) is 56.6 Å². The van der Waals surface area contributed by atoms with Gasteiger partial charge in [0.25, 0.3) is 5.91 Å². The molecule has 0 unspecified atom stereocenters. The number of carbonyl (C=O) groups excluding carboxylic acids is 1. The van der Waals surface area contributed by atoms with Crippen molar-refractivity contribution in [1.82, 2.24) is 14.7 Å². The zero-order valence-electron chi connectivity index (χ0n) is 19.4. The Morgan fingerprint density at radius 2 is 1.77 bits per heavy atom. The Hall–Kier alpha value is -4.13. The molecule has 1 saturated carbocycles. The summed E-state index contributed by atoms with van der Waals surface area (Å²) < 4.78 is 26.3. The number of carbonyl (C=O) groups is 1. The number of benzene rings is 3. The van der Waals surface area contributed by atoms with Gasteiger partial charge in [-0.05, 0) is 78.6 Å². The molecular weight excluding hydrogens is 445 g/mol. The molecule has 0 atom stereocenters. The smallest absolute Gasteiger partial charge is 0.254 e. The average molecular weight is 472 g/mol. The Morgan fingerprint density at radius 1 is 1.03 bits per heavy atom. The zero-order chi connectivity index (χ0) is 24.2. The molecule has 4 aromatic rings. The van der Waals surface area contributed by atoms with Crippen molar-refractivity contribution in [1.29, 1.82) is 0 Å². The van der Waals surface area contributed by atoms with Gasteiger partial charge in [-0.15, -0.1) is 0 Å². The Labute approximate surface area is 203 Å². The molecule has 0 saturated heterocycles. The number of ether oxygens (including phenoxy) is 2. The normalized spacial score (nSPS) is 12.9. The van der Waals surface area contributed by atoms with Gasteiger partial charge in [-0.3, -0.25) is 4.79 Å². The molecule has 0 bridgehead atoms. The van der Waals surface area contributed by atoms with Crippen molar-refractivity contribution >= 4 is 5.91 Å². The van der Waals surface area contributed by atoms with Crippen LogP contribution < -0.4 is 9.47 Å². The van der Waals surface area contributed by atoms with Gasteiger partial charge in [0, 0.05) is 30.5 Å². The van der Waals surface area contributed by atoms with E-state index in [4.69, 9.17) is 9.47 Å². The summed E-state index contributed by atoms with van der Waals surface area (Å²) in [6.45, 7) is 0.788. The predicted octanol–water partition coefficient (Wildman–Crippen LogP) is 5.40. The highest BCUT2D eigenvalue weighted by atomic mass is 19.1. The number of halogens is 1. The first-order valence-corrected chi connectivity index (χ1v) is 11.6. The van der Waals surface area contributed by atoms with Crippen LogP contribution in [0.25, 0.3) is 5.69 Å². The number of nitrogens with zero attached hydrogens (tertiary/aromatic N) is 3. The van der Waals surface area contributed by atoms with E-state index in [9.17, 15) is 9.18 Å². The van der Waals surface area contributed by atoms with Gasteiger partial charge in [-0.25, -0.2) is 9.07 Å². The first-order valence-electron chi connectivity index (χ1n) is 11.6. The van der Waals surface area contributed by atoms with Gasteiger partial charge < -0.3 is 14.4 Å². The van der Waals surface area contributed by atoms with E-state index < -0.39 is 0 Å². The lowest BCUT2D eigenvalue weighted by atomic mass is 10.1. The van der Waals surface area contributed by atoms with Gasteiger partial charge in [0.05, 0.1) is 12.8 Å². The number of aromatic nitrogens is 2. The van der Waals surface area contributed by atoms with Crippen LogP contribution in [-0.4, -0.2) is 33.7 Å². The molecule has 0 N–H and O–H groups in total. The van der Waals surface area contributed by atoms with Crippen molar-refractivity contribution in [2.24, 2.45) is 0 Å². The molecule has 178 valence electrons. The van der Waals surface area contributed by atoms with Gasteiger partial charge in [-0.2, -0.15) is 5.10 Å². The van der Waals surface area contributed by atoms with E-state index >= 15 is 0 Å². The van der Waals surface area contributed by atoms with Crippen molar-refractivity contribution in [3.8, 4) is 17.2 Å². The summed E-state index contributed by atoms with van der Waals surface area (Å²) in [5.41, 5.74) is 3.38. The number of methoxy groups -OCH3 is 1. The zero-order valence-corrected chi connectivity index (χ0v) is 19.4. The summed E-state index contributed by atoms with van der Waals surface area (Å²) in [5.74, 6) is 0.921. The highest BCUT2D eigenvalue weighted by Crippen LogP contribution is 2.33. The van der Waals surface area contributed by atoms with E-state index in [1.54, 1.807) is 30.1 Å². The molecule has 5 rings (SSSR count). The molecule has 1 heterocycles. The Balaban J connectivity index is 1.28. The second-order valence-corrected chi connectivity index (χ2v) is 8.56. The van der Waals surface area contributed by atoms with Gasteiger partial charge in [0.2, 0.25) is 0 Å². The van der Waals surface area contributed by atoms with Crippen LogP contribution in [0.1, 0.15) is 34.3 Å². The summed E-state index contributed by atoms with van der Waals surface area (Å²) in [7, 11) is 1.59. The molecule has 1 aliphatic carbocycles. The third kappa shape index (κ3) is 5.35. The minimum Gasteiger partial charge on any atom is -0.493 e. The standard InChI is InChI=1S/C28H26FN3O3/c1-34-27-17-21(5-14-26(27)35-19-20-3-8-23(29)9-4-20)18-31(24-12-13-24)28(33)22-6-10-25(11-7-22)32-16-2-15-30-32/h2-11,14-17,24H,12-13,18-19H2,1H3. The lowest BCUT2D eigenvalue weighted by molar-refractivity contribution is 0.0729. The number of amides is 1. The van der Waals surface area contributed by atoms with E-state index in [0.717, 1.165) is 29.7 Å². The van der Waals surface area contributed by atoms with E-state index in [1.807, 2.05) is 59.6 Å². The molecular formula is C28H26FN3O3. The van der Waals surface area contributed by atoms with Crippen molar-refractivity contribution in [2.75, 3.05) is 7.11 Å². The minimum absolute atomic E-state index is 0.00937. The Kier molecular flexibility index (Phi) is 6.48. The van der Waals surface area contributed by atoms with Gasteiger partial charge >= 0.3 is 0 Å². The van der Waals surface area contributed by atoms with Crippen molar-refractivity contribution in [3.05, 3.63) is 108 Å². The summed E-state index contributed by atoms with van der Waals surface area (Å²) >= 11 is 0. The van der Waals surface area contributed by atoms with Gasteiger partial charge in [-0.1, -0.05) is 18.2 Å². The fraction of sp³-hybridized carbons (Fsp3) is 0.214. The molecule has 7 heteroatoms. The molecule has 0 aliphatic heterocycles. The Bertz CT molecular complexity index is 1280. The maximum atomic E-state index is 13.4. The maximum Gasteiger partial charge on any atom is 0.254 e. The molecule has 3 aromatic carbocycles. The fourth-order valence-electron chi connectivity index (χ4n) is 3.97. The summed E-state index contributed by atoms with van der Waals surface area (Å²) in [4.78, 5) is 15.3. The second kappa shape index (κ2) is 10.0. The molecule has 0 spiro atoms. The quantitative estimate of drug-likeness (QED) is 0.328. The minimum atomic E-state index is -0.278. The fourth-order valence-corrected chi connectivity index (χ4v) is 3.97. The Morgan fingerprint density at radius 3 is 2.43 bits per heavy atom. The highest BCUT2D eigenvalue weighted by molar-refractivity contribution is 5.94. The molecule has 1 aromatic heterocycles. The summed E-state index contributed by atoms with van der Waals surface area (Å²) in [6.07, 6.45) is 5.61. The predicted molar refractivity (Wildman–Crippen MR) is 130 cm³/mol. The van der Waals surface area contributed by atoms with Crippen LogP contribution in [0.4, 0.5) is 4.39 Å². The lowest BCUT2D eigenvalue weighted by Crippen LogP contribution is -2.32. The second-order valence-electron chi connectivity index (χ2n) is 8.56. The monoisotopic (exact) mass is 471 g/mol. The van der Waals surface area contributed by atoms with Crippen LogP contribution in [0.5, 0.6) is 11.5 Å². The van der Waals surface area contributed by atoms with Crippen LogP contribution in [-0.2, 0) is 13.2 Å².